The van der Waals surface area contributed by atoms with Crippen LogP contribution in [0.2, 0.25) is 5.02 Å². The molecule has 0 bridgehead atoms. The number of ether oxygens (including phenoxy) is 2. The maximum Gasteiger partial charge on any atom is 0.259 e. The molecule has 1 amide bonds. The number of amides is 1. The number of fused-ring (bicyclic) bond motifs is 1. The lowest BCUT2D eigenvalue weighted by Crippen LogP contribution is -2.14. The van der Waals surface area contributed by atoms with Crippen molar-refractivity contribution in [1.82, 2.24) is 9.97 Å². The third kappa shape index (κ3) is 3.75. The summed E-state index contributed by atoms with van der Waals surface area (Å²) in [5.41, 5.74) is 3.46. The van der Waals surface area contributed by atoms with E-state index >= 15 is 0 Å². The Morgan fingerprint density at radius 2 is 1.76 bits per heavy atom. The second-order valence-corrected chi connectivity index (χ2v) is 6.75. The number of carbonyl (C=O) groups excluding carboxylic acids is 1. The predicted octanol–water partition coefficient (Wildman–Crippen LogP) is 5.15. The Labute approximate surface area is 172 Å². The number of nitrogens with one attached hydrogen (secondary N) is 2. The summed E-state index contributed by atoms with van der Waals surface area (Å²) in [6.07, 6.45) is 0. The summed E-state index contributed by atoms with van der Waals surface area (Å²) in [7, 11) is 3.05. The van der Waals surface area contributed by atoms with Crippen LogP contribution in [0.3, 0.4) is 0 Å². The van der Waals surface area contributed by atoms with Gasteiger partial charge >= 0.3 is 0 Å². The van der Waals surface area contributed by atoms with E-state index < -0.39 is 0 Å². The van der Waals surface area contributed by atoms with Crippen LogP contribution in [0.1, 0.15) is 10.4 Å². The highest BCUT2D eigenvalue weighted by Gasteiger charge is 2.16. The van der Waals surface area contributed by atoms with Gasteiger partial charge in [-0.2, -0.15) is 0 Å². The van der Waals surface area contributed by atoms with Crippen molar-refractivity contribution in [3.8, 4) is 22.9 Å². The average Bonchev–Trinajstić information content (AvgIpc) is 3.18. The Kier molecular flexibility index (Phi) is 5.10. The summed E-state index contributed by atoms with van der Waals surface area (Å²) < 4.78 is 10.7. The zero-order valence-corrected chi connectivity index (χ0v) is 16.6. The summed E-state index contributed by atoms with van der Waals surface area (Å²) in [4.78, 5) is 20.8. The molecular formula is C22H18ClN3O3. The third-order valence-electron chi connectivity index (χ3n) is 4.52. The van der Waals surface area contributed by atoms with E-state index in [0.29, 0.717) is 33.6 Å². The van der Waals surface area contributed by atoms with Gasteiger partial charge in [-0.05, 0) is 48.5 Å². The number of anilines is 1. The molecule has 0 radical (unpaired) electrons. The first-order chi connectivity index (χ1) is 14.1. The van der Waals surface area contributed by atoms with Gasteiger partial charge in [-0.3, -0.25) is 4.79 Å². The van der Waals surface area contributed by atoms with Gasteiger partial charge < -0.3 is 19.8 Å². The first-order valence-electron chi connectivity index (χ1n) is 8.87. The van der Waals surface area contributed by atoms with E-state index in [2.05, 4.69) is 15.3 Å². The van der Waals surface area contributed by atoms with Gasteiger partial charge in [0.1, 0.15) is 17.3 Å². The molecule has 6 nitrogen and oxygen atoms in total. The lowest BCUT2D eigenvalue weighted by molar-refractivity contribution is 0.102. The summed E-state index contributed by atoms with van der Waals surface area (Å²) >= 11 is 6.05. The second-order valence-electron chi connectivity index (χ2n) is 6.32. The minimum Gasteiger partial charge on any atom is -0.496 e. The van der Waals surface area contributed by atoms with Crippen LogP contribution in [0.5, 0.6) is 11.5 Å². The van der Waals surface area contributed by atoms with Crippen molar-refractivity contribution in [2.45, 2.75) is 0 Å². The Bertz CT molecular complexity index is 1170. The second kappa shape index (κ2) is 7.85. The summed E-state index contributed by atoms with van der Waals surface area (Å²) in [5, 5.41) is 3.32. The van der Waals surface area contributed by atoms with Crippen molar-refractivity contribution >= 4 is 34.2 Å². The summed E-state index contributed by atoms with van der Waals surface area (Å²) in [6, 6.07) is 18.1. The molecule has 3 aromatic carbocycles. The number of benzene rings is 3. The summed E-state index contributed by atoms with van der Waals surface area (Å²) in [6.45, 7) is 0. The van der Waals surface area contributed by atoms with Gasteiger partial charge in [-0.1, -0.05) is 23.7 Å². The van der Waals surface area contributed by atoms with E-state index in [9.17, 15) is 4.79 Å². The van der Waals surface area contributed by atoms with Crippen LogP contribution in [0.15, 0.2) is 60.7 Å². The number of H-pyrrole nitrogens is 1. The number of hydrogen-bond donors (Lipinski definition) is 2. The molecule has 29 heavy (non-hydrogen) atoms. The highest BCUT2D eigenvalue weighted by Crippen LogP contribution is 2.32. The lowest BCUT2D eigenvalue weighted by Gasteiger charge is -2.13. The van der Waals surface area contributed by atoms with Crippen molar-refractivity contribution < 1.29 is 14.3 Å². The largest absolute Gasteiger partial charge is 0.496 e. The third-order valence-corrected chi connectivity index (χ3v) is 4.75. The number of imidazole rings is 1. The topological polar surface area (TPSA) is 76.2 Å². The van der Waals surface area contributed by atoms with E-state index in [1.165, 1.54) is 7.11 Å². The van der Waals surface area contributed by atoms with Crippen molar-refractivity contribution in [1.29, 1.82) is 0 Å². The van der Waals surface area contributed by atoms with Gasteiger partial charge in [0.15, 0.2) is 0 Å². The van der Waals surface area contributed by atoms with E-state index in [1.807, 2.05) is 36.4 Å². The molecule has 4 rings (SSSR count). The molecule has 0 spiro atoms. The SMILES string of the molecule is COc1ccc(-c2nc3ccccc3[nH]2)cc1NC(=O)c1cc(Cl)ccc1OC. The van der Waals surface area contributed by atoms with E-state index in [0.717, 1.165) is 16.6 Å². The number of aromatic amines is 1. The Balaban J connectivity index is 1.70. The number of hydrogen-bond acceptors (Lipinski definition) is 4. The maximum atomic E-state index is 12.9. The minimum absolute atomic E-state index is 0.330. The van der Waals surface area contributed by atoms with Crippen molar-refractivity contribution in [2.75, 3.05) is 19.5 Å². The highest BCUT2D eigenvalue weighted by atomic mass is 35.5. The van der Waals surface area contributed by atoms with Gasteiger partial charge in [0.25, 0.3) is 5.91 Å². The molecule has 0 atom stereocenters. The van der Waals surface area contributed by atoms with Crippen molar-refractivity contribution in [3.63, 3.8) is 0 Å². The van der Waals surface area contributed by atoms with Crippen LogP contribution in [0, 0.1) is 0 Å². The Morgan fingerprint density at radius 3 is 2.52 bits per heavy atom. The molecule has 4 aromatic rings. The molecule has 0 saturated heterocycles. The van der Waals surface area contributed by atoms with Gasteiger partial charge in [0, 0.05) is 10.6 Å². The van der Waals surface area contributed by atoms with Crippen LogP contribution in [-0.2, 0) is 0 Å². The first-order valence-corrected chi connectivity index (χ1v) is 9.25. The molecular weight excluding hydrogens is 390 g/mol. The monoisotopic (exact) mass is 407 g/mol. The zero-order chi connectivity index (χ0) is 20.4. The standard InChI is InChI=1S/C22H18ClN3O3/c1-28-19-10-8-14(23)12-15(19)22(27)26-18-11-13(7-9-20(18)29-2)21-24-16-5-3-4-6-17(16)25-21/h3-12H,1-2H3,(H,24,25)(H,26,27). The number of carbonyl (C=O) groups is 1. The molecule has 0 aliphatic carbocycles. The average molecular weight is 408 g/mol. The number of rotatable bonds is 5. The fraction of sp³-hybridized carbons (Fsp3) is 0.0909. The molecule has 2 N–H and O–H groups in total. The van der Waals surface area contributed by atoms with Crippen LogP contribution in [-0.4, -0.2) is 30.1 Å². The number of aromatic nitrogens is 2. The van der Waals surface area contributed by atoms with Crippen LogP contribution in [0.25, 0.3) is 22.4 Å². The summed E-state index contributed by atoms with van der Waals surface area (Å²) in [5.74, 6) is 1.30. The predicted molar refractivity (Wildman–Crippen MR) is 114 cm³/mol. The van der Waals surface area contributed by atoms with E-state index in [1.54, 1.807) is 31.4 Å². The zero-order valence-electron chi connectivity index (χ0n) is 15.8. The fourth-order valence-electron chi connectivity index (χ4n) is 3.09. The number of methoxy groups -OCH3 is 2. The molecule has 0 aliphatic heterocycles. The van der Waals surface area contributed by atoms with Crippen LogP contribution < -0.4 is 14.8 Å². The number of nitrogens with zero attached hydrogens (tertiary/aromatic N) is 1. The minimum atomic E-state index is -0.357. The molecule has 0 fully saturated rings. The lowest BCUT2D eigenvalue weighted by atomic mass is 10.1. The maximum absolute atomic E-state index is 12.9. The fourth-order valence-corrected chi connectivity index (χ4v) is 3.26. The first kappa shape index (κ1) is 18.8. The van der Waals surface area contributed by atoms with Crippen molar-refractivity contribution in [2.24, 2.45) is 0 Å². The number of para-hydroxylation sites is 2. The van der Waals surface area contributed by atoms with E-state index in [-0.39, 0.29) is 5.91 Å². The van der Waals surface area contributed by atoms with Crippen LogP contribution in [0.4, 0.5) is 5.69 Å². The smallest absolute Gasteiger partial charge is 0.259 e. The van der Waals surface area contributed by atoms with Gasteiger partial charge in [-0.15, -0.1) is 0 Å². The van der Waals surface area contributed by atoms with Gasteiger partial charge in [-0.25, -0.2) is 4.98 Å². The highest BCUT2D eigenvalue weighted by molar-refractivity contribution is 6.31. The molecule has 0 aliphatic rings. The quantitative estimate of drug-likeness (QED) is 0.479. The molecule has 1 heterocycles. The molecule has 7 heteroatoms. The van der Waals surface area contributed by atoms with Crippen LogP contribution >= 0.6 is 11.6 Å². The van der Waals surface area contributed by atoms with E-state index in [4.69, 9.17) is 21.1 Å². The van der Waals surface area contributed by atoms with Gasteiger partial charge in [0.05, 0.1) is 36.5 Å². The normalized spacial score (nSPS) is 10.7. The molecule has 146 valence electrons. The molecule has 1 aromatic heterocycles. The molecule has 0 saturated carbocycles. The molecule has 0 unspecified atom stereocenters. The van der Waals surface area contributed by atoms with Crippen molar-refractivity contribution in [3.05, 3.63) is 71.2 Å². The Hall–Kier alpha value is -3.51. The Morgan fingerprint density at radius 1 is 1.00 bits per heavy atom. The number of halogens is 1. The van der Waals surface area contributed by atoms with Gasteiger partial charge in [0.2, 0.25) is 0 Å².